The molecule has 0 fully saturated rings. The van der Waals surface area contributed by atoms with Crippen LogP contribution in [-0.2, 0) is 4.79 Å². The van der Waals surface area contributed by atoms with Crippen LogP contribution in [0.2, 0.25) is 0 Å². The number of alkyl halides is 1. The second-order valence-corrected chi connectivity index (χ2v) is 4.22. The van der Waals surface area contributed by atoms with E-state index in [4.69, 9.17) is 0 Å². The van der Waals surface area contributed by atoms with Gasteiger partial charge in [0.2, 0.25) is 0 Å². The molecule has 76 valence electrons. The van der Waals surface area contributed by atoms with Crippen LogP contribution in [0.1, 0.15) is 29.7 Å². The van der Waals surface area contributed by atoms with Gasteiger partial charge < -0.3 is 4.79 Å². The zero-order valence-electron chi connectivity index (χ0n) is 7.75. The summed E-state index contributed by atoms with van der Waals surface area (Å²) in [6, 6.07) is 6.41. The van der Waals surface area contributed by atoms with E-state index in [9.17, 15) is 9.18 Å². The fourth-order valence-corrected chi connectivity index (χ4v) is 1.85. The SMILES string of the molecule is O=CCCCC(Br)c1ccc(F)cc1. The summed E-state index contributed by atoms with van der Waals surface area (Å²) < 4.78 is 12.6. The van der Waals surface area contributed by atoms with E-state index in [0.717, 1.165) is 24.7 Å². The predicted molar refractivity (Wildman–Crippen MR) is 58.0 cm³/mol. The van der Waals surface area contributed by atoms with Gasteiger partial charge in [-0.05, 0) is 30.5 Å². The summed E-state index contributed by atoms with van der Waals surface area (Å²) in [5.74, 6) is -0.221. The smallest absolute Gasteiger partial charge is 0.123 e. The average molecular weight is 259 g/mol. The zero-order valence-corrected chi connectivity index (χ0v) is 9.34. The van der Waals surface area contributed by atoms with Gasteiger partial charge in [-0.2, -0.15) is 0 Å². The Labute approximate surface area is 91.5 Å². The number of aldehydes is 1. The molecular formula is C11H12BrFO. The van der Waals surface area contributed by atoms with Gasteiger partial charge in [-0.25, -0.2) is 4.39 Å². The van der Waals surface area contributed by atoms with Crippen LogP contribution in [0.3, 0.4) is 0 Å². The summed E-state index contributed by atoms with van der Waals surface area (Å²) in [7, 11) is 0. The predicted octanol–water partition coefficient (Wildman–Crippen LogP) is 3.63. The highest BCUT2D eigenvalue weighted by Crippen LogP contribution is 2.27. The van der Waals surface area contributed by atoms with Gasteiger partial charge in [0.15, 0.2) is 0 Å². The Bertz CT molecular complexity index is 284. The molecule has 0 amide bonds. The molecule has 1 nitrogen and oxygen atoms in total. The Morgan fingerprint density at radius 1 is 1.36 bits per heavy atom. The maximum atomic E-state index is 12.6. The van der Waals surface area contributed by atoms with Crippen LogP contribution in [0.4, 0.5) is 4.39 Å². The standard InChI is InChI=1S/C11H12BrFO/c12-11(3-1-2-8-14)9-4-6-10(13)7-5-9/h4-8,11H,1-3H2. The maximum absolute atomic E-state index is 12.6. The quantitative estimate of drug-likeness (QED) is 0.448. The van der Waals surface area contributed by atoms with Crippen LogP contribution in [0, 0.1) is 5.82 Å². The molecule has 1 unspecified atom stereocenters. The fourth-order valence-electron chi connectivity index (χ4n) is 1.22. The highest BCUT2D eigenvalue weighted by atomic mass is 79.9. The first-order valence-electron chi connectivity index (χ1n) is 4.57. The van der Waals surface area contributed by atoms with Crippen molar-refractivity contribution in [1.29, 1.82) is 0 Å². The second kappa shape index (κ2) is 5.91. The molecule has 0 aliphatic heterocycles. The van der Waals surface area contributed by atoms with Crippen molar-refractivity contribution in [3.8, 4) is 0 Å². The van der Waals surface area contributed by atoms with Crippen molar-refractivity contribution in [3.63, 3.8) is 0 Å². The summed E-state index contributed by atoms with van der Waals surface area (Å²) in [6.45, 7) is 0. The lowest BCUT2D eigenvalue weighted by molar-refractivity contribution is -0.107. The first-order chi connectivity index (χ1) is 6.74. The normalized spacial score (nSPS) is 12.4. The van der Waals surface area contributed by atoms with Crippen molar-refractivity contribution < 1.29 is 9.18 Å². The fraction of sp³-hybridized carbons (Fsp3) is 0.364. The number of carbonyl (C=O) groups excluding carboxylic acids is 1. The van der Waals surface area contributed by atoms with Gasteiger partial charge >= 0.3 is 0 Å². The van der Waals surface area contributed by atoms with Crippen LogP contribution in [-0.4, -0.2) is 6.29 Å². The van der Waals surface area contributed by atoms with Crippen molar-refractivity contribution in [2.75, 3.05) is 0 Å². The molecule has 0 heterocycles. The molecule has 0 radical (unpaired) electrons. The average Bonchev–Trinajstić information content (AvgIpc) is 2.19. The molecule has 0 saturated heterocycles. The first-order valence-corrected chi connectivity index (χ1v) is 5.49. The summed E-state index contributed by atoms with van der Waals surface area (Å²) in [4.78, 5) is 10.3. The Hall–Kier alpha value is -0.700. The molecule has 0 spiro atoms. The van der Waals surface area contributed by atoms with Crippen molar-refractivity contribution in [2.24, 2.45) is 0 Å². The van der Waals surface area contributed by atoms with E-state index in [0.29, 0.717) is 6.42 Å². The van der Waals surface area contributed by atoms with Gasteiger partial charge in [-0.15, -0.1) is 0 Å². The number of carbonyl (C=O) groups is 1. The number of rotatable bonds is 5. The Morgan fingerprint density at radius 3 is 2.57 bits per heavy atom. The molecule has 1 rings (SSSR count). The summed E-state index contributed by atoms with van der Waals surface area (Å²) >= 11 is 3.50. The largest absolute Gasteiger partial charge is 0.303 e. The van der Waals surface area contributed by atoms with Crippen LogP contribution >= 0.6 is 15.9 Å². The third kappa shape index (κ3) is 3.58. The molecule has 0 aliphatic rings. The minimum absolute atomic E-state index is 0.211. The highest BCUT2D eigenvalue weighted by molar-refractivity contribution is 9.09. The van der Waals surface area contributed by atoms with E-state index in [1.54, 1.807) is 12.1 Å². The second-order valence-electron chi connectivity index (χ2n) is 3.12. The number of hydrogen-bond donors (Lipinski definition) is 0. The van der Waals surface area contributed by atoms with Gasteiger partial charge in [0.1, 0.15) is 12.1 Å². The Kier molecular flexibility index (Phi) is 4.80. The number of benzene rings is 1. The molecule has 1 aromatic carbocycles. The van der Waals surface area contributed by atoms with Gasteiger partial charge in [0, 0.05) is 11.2 Å². The van der Waals surface area contributed by atoms with Gasteiger partial charge in [-0.3, -0.25) is 0 Å². The van der Waals surface area contributed by atoms with Crippen LogP contribution in [0.5, 0.6) is 0 Å². The van der Waals surface area contributed by atoms with E-state index < -0.39 is 0 Å². The summed E-state index contributed by atoms with van der Waals surface area (Å²) in [5, 5.41) is 0. The molecule has 0 saturated carbocycles. The topological polar surface area (TPSA) is 17.1 Å². The lowest BCUT2D eigenvalue weighted by Crippen LogP contribution is -1.90. The van der Waals surface area contributed by atoms with Crippen LogP contribution < -0.4 is 0 Å². The Morgan fingerprint density at radius 2 is 2.00 bits per heavy atom. The molecule has 0 aromatic heterocycles. The van der Waals surface area contributed by atoms with Crippen molar-refractivity contribution >= 4 is 22.2 Å². The monoisotopic (exact) mass is 258 g/mol. The first kappa shape index (κ1) is 11.4. The number of unbranched alkanes of at least 4 members (excludes halogenated alkanes) is 1. The van der Waals surface area contributed by atoms with E-state index in [1.807, 2.05) is 0 Å². The van der Waals surface area contributed by atoms with Crippen LogP contribution in [0.25, 0.3) is 0 Å². The van der Waals surface area contributed by atoms with Gasteiger partial charge in [0.25, 0.3) is 0 Å². The number of hydrogen-bond acceptors (Lipinski definition) is 1. The van der Waals surface area contributed by atoms with E-state index >= 15 is 0 Å². The van der Waals surface area contributed by atoms with Gasteiger partial charge in [-0.1, -0.05) is 28.1 Å². The lowest BCUT2D eigenvalue weighted by Gasteiger charge is -2.08. The highest BCUT2D eigenvalue weighted by Gasteiger charge is 2.06. The van der Waals surface area contributed by atoms with Crippen LogP contribution in [0.15, 0.2) is 24.3 Å². The minimum Gasteiger partial charge on any atom is -0.303 e. The molecule has 0 bridgehead atoms. The molecule has 14 heavy (non-hydrogen) atoms. The Balaban J connectivity index is 2.47. The molecule has 3 heteroatoms. The molecule has 1 atom stereocenters. The van der Waals surface area contributed by atoms with Crippen molar-refractivity contribution in [3.05, 3.63) is 35.6 Å². The summed E-state index contributed by atoms with van der Waals surface area (Å²) in [5.41, 5.74) is 1.05. The van der Waals surface area contributed by atoms with Gasteiger partial charge in [0.05, 0.1) is 0 Å². The number of halogens is 2. The van der Waals surface area contributed by atoms with Crippen molar-refractivity contribution in [2.45, 2.75) is 24.1 Å². The summed E-state index contributed by atoms with van der Waals surface area (Å²) in [6.07, 6.45) is 3.26. The van der Waals surface area contributed by atoms with Crippen molar-refractivity contribution in [1.82, 2.24) is 0 Å². The zero-order chi connectivity index (χ0) is 10.4. The molecule has 0 N–H and O–H groups in total. The van der Waals surface area contributed by atoms with E-state index in [-0.39, 0.29) is 10.6 Å². The lowest BCUT2D eigenvalue weighted by atomic mass is 10.1. The molecule has 0 aliphatic carbocycles. The minimum atomic E-state index is -0.221. The third-order valence-corrected chi connectivity index (χ3v) is 3.00. The molecular weight excluding hydrogens is 247 g/mol. The maximum Gasteiger partial charge on any atom is 0.123 e. The third-order valence-electron chi connectivity index (χ3n) is 2.01. The molecule has 1 aromatic rings. The van der Waals surface area contributed by atoms with E-state index in [2.05, 4.69) is 15.9 Å². The van der Waals surface area contributed by atoms with E-state index in [1.165, 1.54) is 12.1 Å².